The predicted molar refractivity (Wildman–Crippen MR) is 46.8 cm³/mol. The van der Waals surface area contributed by atoms with Gasteiger partial charge in [-0.3, -0.25) is 4.79 Å². The quantitative estimate of drug-likeness (QED) is 0.419. The van der Waals surface area contributed by atoms with Gasteiger partial charge in [0.2, 0.25) is 0 Å². The first-order valence-electron chi connectivity index (χ1n) is 4.08. The maximum absolute atomic E-state index is 10.1. The third kappa shape index (κ3) is 5.06. The minimum Gasteiger partial charge on any atom is -0.480 e. The highest BCUT2D eigenvalue weighted by molar-refractivity contribution is 5.73. The first-order valence-corrected chi connectivity index (χ1v) is 4.08. The van der Waals surface area contributed by atoms with Crippen molar-refractivity contribution < 1.29 is 9.90 Å². The van der Waals surface area contributed by atoms with E-state index in [1.54, 1.807) is 0 Å². The second kappa shape index (κ2) is 7.02. The molecule has 1 aliphatic heterocycles. The summed E-state index contributed by atoms with van der Waals surface area (Å²) in [5.41, 5.74) is 9.81. The molecule has 0 aromatic rings. The summed E-state index contributed by atoms with van der Waals surface area (Å²) in [4.78, 5) is 10.1. The van der Waals surface area contributed by atoms with Gasteiger partial charge in [-0.05, 0) is 19.4 Å². The molecule has 0 amide bonds. The molecule has 1 atom stereocenters. The van der Waals surface area contributed by atoms with Crippen molar-refractivity contribution in [1.82, 2.24) is 5.32 Å². The smallest absolute Gasteiger partial charge is 0.320 e. The van der Waals surface area contributed by atoms with Crippen LogP contribution in [0.1, 0.15) is 12.8 Å². The summed E-state index contributed by atoms with van der Waals surface area (Å²) in [5, 5.41) is 11.2. The van der Waals surface area contributed by atoms with Crippen molar-refractivity contribution in [3.8, 4) is 0 Å². The van der Waals surface area contributed by atoms with Gasteiger partial charge in [0.1, 0.15) is 6.04 Å². The molecule has 0 bridgehead atoms. The molecule has 0 aromatic heterocycles. The van der Waals surface area contributed by atoms with Crippen LogP contribution < -0.4 is 16.8 Å². The highest BCUT2D eigenvalue weighted by atomic mass is 16.4. The number of hydrogen-bond donors (Lipinski definition) is 4. The molecule has 5 heteroatoms. The number of carboxylic acids is 1. The van der Waals surface area contributed by atoms with E-state index in [1.807, 2.05) is 0 Å². The fourth-order valence-corrected chi connectivity index (χ4v) is 0.895. The summed E-state index contributed by atoms with van der Waals surface area (Å²) in [5.74, 6) is -0.720. The van der Waals surface area contributed by atoms with Crippen LogP contribution in [0.25, 0.3) is 0 Å². The van der Waals surface area contributed by atoms with Gasteiger partial charge in [0, 0.05) is 13.1 Å². The zero-order valence-electron chi connectivity index (χ0n) is 7.12. The van der Waals surface area contributed by atoms with Gasteiger partial charge in [0.15, 0.2) is 0 Å². The third-order valence-corrected chi connectivity index (χ3v) is 1.53. The Morgan fingerprint density at radius 3 is 2.25 bits per heavy atom. The lowest BCUT2D eigenvalue weighted by atomic mass is 10.2. The molecular formula is C7H17N3O2. The Kier molecular flexibility index (Phi) is 6.64. The van der Waals surface area contributed by atoms with Crippen LogP contribution in [-0.4, -0.2) is 36.8 Å². The summed E-state index contributed by atoms with van der Waals surface area (Å²) in [7, 11) is 0. The molecule has 1 saturated heterocycles. The highest BCUT2D eigenvalue weighted by Gasteiger charge is 2.20. The van der Waals surface area contributed by atoms with E-state index in [9.17, 15) is 4.79 Å². The van der Waals surface area contributed by atoms with E-state index >= 15 is 0 Å². The minimum absolute atomic E-state index is 0.269. The normalized spacial score (nSPS) is 21.3. The number of aliphatic carboxylic acids is 1. The Balaban J connectivity index is 0.000000261. The fraction of sp³-hybridized carbons (Fsp3) is 0.857. The van der Waals surface area contributed by atoms with E-state index in [-0.39, 0.29) is 6.04 Å². The van der Waals surface area contributed by atoms with Crippen molar-refractivity contribution in [2.45, 2.75) is 18.9 Å². The number of hydrogen-bond acceptors (Lipinski definition) is 4. The zero-order valence-corrected chi connectivity index (χ0v) is 7.12. The summed E-state index contributed by atoms with van der Waals surface area (Å²) >= 11 is 0. The standard InChI is InChI=1S/C5H9NO2.C2H8N2/c7-5(8)4-2-1-3-6-4;3-1-2-4/h4,6H,1-3H2,(H,7,8);1-4H2. The van der Waals surface area contributed by atoms with Crippen molar-refractivity contribution in [3.05, 3.63) is 0 Å². The van der Waals surface area contributed by atoms with E-state index in [2.05, 4.69) is 5.32 Å². The maximum Gasteiger partial charge on any atom is 0.320 e. The van der Waals surface area contributed by atoms with Crippen LogP contribution in [0.3, 0.4) is 0 Å². The molecular weight excluding hydrogens is 158 g/mol. The molecule has 5 nitrogen and oxygen atoms in total. The van der Waals surface area contributed by atoms with Crippen LogP contribution in [-0.2, 0) is 4.79 Å². The summed E-state index contributed by atoms with van der Waals surface area (Å²) in [6.45, 7) is 2.05. The zero-order chi connectivity index (χ0) is 9.40. The Morgan fingerprint density at radius 2 is 2.08 bits per heavy atom. The molecule has 1 aliphatic rings. The molecule has 0 spiro atoms. The molecule has 0 saturated carbocycles. The number of nitrogens with two attached hydrogens (primary N) is 2. The first kappa shape index (κ1) is 11.4. The van der Waals surface area contributed by atoms with Gasteiger partial charge < -0.3 is 21.9 Å². The van der Waals surface area contributed by atoms with E-state index in [1.165, 1.54) is 0 Å². The molecule has 1 heterocycles. The third-order valence-electron chi connectivity index (χ3n) is 1.53. The Hall–Kier alpha value is -0.650. The molecule has 12 heavy (non-hydrogen) atoms. The summed E-state index contributed by atoms with van der Waals surface area (Å²) in [6.07, 6.45) is 1.78. The Labute approximate surface area is 72.1 Å². The molecule has 0 aliphatic carbocycles. The van der Waals surface area contributed by atoms with Gasteiger partial charge in [-0.25, -0.2) is 0 Å². The second-order valence-corrected chi connectivity index (χ2v) is 2.56. The van der Waals surface area contributed by atoms with Gasteiger partial charge in [-0.15, -0.1) is 0 Å². The van der Waals surface area contributed by atoms with Gasteiger partial charge >= 0.3 is 5.97 Å². The molecule has 1 unspecified atom stereocenters. The van der Waals surface area contributed by atoms with Crippen molar-refractivity contribution in [3.63, 3.8) is 0 Å². The van der Waals surface area contributed by atoms with E-state index in [0.29, 0.717) is 13.1 Å². The van der Waals surface area contributed by atoms with E-state index in [4.69, 9.17) is 16.6 Å². The monoisotopic (exact) mass is 175 g/mol. The van der Waals surface area contributed by atoms with Crippen LogP contribution in [0.2, 0.25) is 0 Å². The van der Waals surface area contributed by atoms with Crippen LogP contribution in [0.5, 0.6) is 0 Å². The van der Waals surface area contributed by atoms with Crippen LogP contribution >= 0.6 is 0 Å². The van der Waals surface area contributed by atoms with Crippen LogP contribution in [0.15, 0.2) is 0 Å². The fourth-order valence-electron chi connectivity index (χ4n) is 0.895. The molecule has 1 fully saturated rings. The Morgan fingerprint density at radius 1 is 1.50 bits per heavy atom. The second-order valence-electron chi connectivity index (χ2n) is 2.56. The number of carboxylic acid groups (broad SMARTS) is 1. The average molecular weight is 175 g/mol. The van der Waals surface area contributed by atoms with Crippen LogP contribution in [0.4, 0.5) is 0 Å². The SMILES string of the molecule is NCCN.O=C(O)C1CCCN1. The van der Waals surface area contributed by atoms with Gasteiger partial charge in [0.05, 0.1) is 0 Å². The first-order chi connectivity index (χ1) is 5.72. The predicted octanol–water partition coefficient (Wildman–Crippen LogP) is -1.27. The highest BCUT2D eigenvalue weighted by Crippen LogP contribution is 2.03. The van der Waals surface area contributed by atoms with Crippen molar-refractivity contribution in [1.29, 1.82) is 0 Å². The molecule has 6 N–H and O–H groups in total. The lowest BCUT2D eigenvalue weighted by molar-refractivity contribution is -0.139. The van der Waals surface area contributed by atoms with Crippen molar-refractivity contribution in [2.75, 3.05) is 19.6 Å². The minimum atomic E-state index is -0.720. The maximum atomic E-state index is 10.1. The summed E-state index contributed by atoms with van der Waals surface area (Å²) in [6, 6.07) is -0.269. The van der Waals surface area contributed by atoms with Gasteiger partial charge in [0.25, 0.3) is 0 Å². The molecule has 0 aromatic carbocycles. The van der Waals surface area contributed by atoms with E-state index in [0.717, 1.165) is 19.4 Å². The van der Waals surface area contributed by atoms with E-state index < -0.39 is 5.97 Å². The lowest BCUT2D eigenvalue weighted by Gasteiger charge is -1.99. The number of rotatable bonds is 2. The van der Waals surface area contributed by atoms with Crippen molar-refractivity contribution >= 4 is 5.97 Å². The lowest BCUT2D eigenvalue weighted by Crippen LogP contribution is -2.29. The van der Waals surface area contributed by atoms with Crippen LogP contribution in [0, 0.1) is 0 Å². The number of nitrogens with one attached hydrogen (secondary N) is 1. The topological polar surface area (TPSA) is 101 Å². The average Bonchev–Trinajstić information content (AvgIpc) is 2.57. The molecule has 1 rings (SSSR count). The van der Waals surface area contributed by atoms with Gasteiger partial charge in [-0.1, -0.05) is 0 Å². The number of carbonyl (C=O) groups is 1. The van der Waals surface area contributed by atoms with Gasteiger partial charge in [-0.2, -0.15) is 0 Å². The molecule has 72 valence electrons. The Bertz CT molecular complexity index is 122. The van der Waals surface area contributed by atoms with Crippen molar-refractivity contribution in [2.24, 2.45) is 11.5 Å². The molecule has 0 radical (unpaired) electrons. The summed E-state index contributed by atoms with van der Waals surface area (Å²) < 4.78 is 0. The largest absolute Gasteiger partial charge is 0.480 e.